The first-order valence-corrected chi connectivity index (χ1v) is 15.4. The highest BCUT2D eigenvalue weighted by Crippen LogP contribution is 2.33. The number of benzene rings is 3. The van der Waals surface area contributed by atoms with E-state index in [0.29, 0.717) is 74.0 Å². The molecular weight excluding hydrogens is 595 g/mol. The average Bonchev–Trinajstić information content (AvgIpc) is 3.07. The molecule has 6 bridgehead atoms. The predicted octanol–water partition coefficient (Wildman–Crippen LogP) is 2.62. The molecule has 2 saturated heterocycles. The number of nitrogens with one attached hydrogen (secondary N) is 2. The molecule has 0 aliphatic carbocycles. The zero-order chi connectivity index (χ0) is 32.0. The molecule has 11 nitrogen and oxygen atoms in total. The lowest BCUT2D eigenvalue weighted by atomic mass is 9.99. The van der Waals surface area contributed by atoms with Crippen LogP contribution in [0.25, 0.3) is 11.1 Å². The summed E-state index contributed by atoms with van der Waals surface area (Å²) < 4.78 is 37.7. The van der Waals surface area contributed by atoms with Gasteiger partial charge in [-0.2, -0.15) is 0 Å². The monoisotopic (exact) mass is 632 g/mol. The number of morpholine rings is 1. The van der Waals surface area contributed by atoms with Gasteiger partial charge in [-0.1, -0.05) is 12.1 Å². The van der Waals surface area contributed by atoms with Crippen LogP contribution >= 0.6 is 0 Å². The Morgan fingerprint density at radius 1 is 1.00 bits per heavy atom. The highest BCUT2D eigenvalue weighted by atomic mass is 19.1. The molecule has 2 atom stereocenters. The van der Waals surface area contributed by atoms with Gasteiger partial charge in [0.15, 0.2) is 6.61 Å². The summed E-state index contributed by atoms with van der Waals surface area (Å²) in [6.07, 6.45) is -0.0186. The molecule has 3 amide bonds. The van der Waals surface area contributed by atoms with E-state index in [4.69, 9.17) is 18.9 Å². The van der Waals surface area contributed by atoms with E-state index in [-0.39, 0.29) is 43.2 Å². The third-order valence-corrected chi connectivity index (χ3v) is 8.36. The summed E-state index contributed by atoms with van der Waals surface area (Å²) in [5, 5.41) is 5.89. The summed E-state index contributed by atoms with van der Waals surface area (Å²) in [4.78, 5) is 43.3. The third kappa shape index (κ3) is 7.57. The Labute approximate surface area is 266 Å². The highest BCUT2D eigenvalue weighted by molar-refractivity contribution is 5.96. The topological polar surface area (TPSA) is 119 Å². The molecule has 12 heteroatoms. The number of rotatable bonds is 3. The maximum absolute atomic E-state index is 14.7. The molecule has 0 saturated carbocycles. The van der Waals surface area contributed by atoms with Crippen LogP contribution in [0.4, 0.5) is 4.39 Å². The van der Waals surface area contributed by atoms with Crippen molar-refractivity contribution >= 4 is 17.7 Å². The molecule has 2 fully saturated rings. The summed E-state index contributed by atoms with van der Waals surface area (Å²) in [6, 6.07) is 16.1. The van der Waals surface area contributed by atoms with Crippen molar-refractivity contribution in [2.45, 2.75) is 25.1 Å². The molecule has 3 aliphatic rings. The van der Waals surface area contributed by atoms with E-state index >= 15 is 0 Å². The van der Waals surface area contributed by atoms with Crippen molar-refractivity contribution in [1.82, 2.24) is 20.4 Å². The van der Waals surface area contributed by atoms with Gasteiger partial charge in [0.25, 0.3) is 11.8 Å². The Morgan fingerprint density at radius 2 is 1.85 bits per heavy atom. The fourth-order valence-corrected chi connectivity index (χ4v) is 5.97. The quantitative estimate of drug-likeness (QED) is 0.453. The van der Waals surface area contributed by atoms with Crippen molar-refractivity contribution in [2.24, 2.45) is 0 Å². The smallest absolute Gasteiger partial charge is 0.258 e. The Bertz CT molecular complexity index is 1600. The lowest BCUT2D eigenvalue weighted by Crippen LogP contribution is -2.58. The zero-order valence-electron chi connectivity index (χ0n) is 25.6. The second-order valence-electron chi connectivity index (χ2n) is 11.6. The van der Waals surface area contributed by atoms with Crippen LogP contribution in [0.2, 0.25) is 0 Å². The number of amides is 3. The number of halogens is 1. The van der Waals surface area contributed by atoms with Crippen molar-refractivity contribution in [3.63, 3.8) is 0 Å². The normalized spacial score (nSPS) is 20.8. The second kappa shape index (κ2) is 14.2. The van der Waals surface area contributed by atoms with Crippen LogP contribution in [0.3, 0.4) is 0 Å². The maximum Gasteiger partial charge on any atom is 0.258 e. The van der Waals surface area contributed by atoms with Gasteiger partial charge >= 0.3 is 0 Å². The molecule has 2 N–H and O–H groups in total. The van der Waals surface area contributed by atoms with Crippen LogP contribution in [0, 0.1) is 5.82 Å². The number of piperidine rings is 1. The van der Waals surface area contributed by atoms with Crippen LogP contribution in [-0.4, -0.2) is 99.3 Å². The van der Waals surface area contributed by atoms with Crippen molar-refractivity contribution in [3.8, 4) is 28.4 Å². The Balaban J connectivity index is 1.31. The number of fused-ring (bicyclic) bond motifs is 8. The largest absolute Gasteiger partial charge is 0.496 e. The minimum Gasteiger partial charge on any atom is -0.496 e. The summed E-state index contributed by atoms with van der Waals surface area (Å²) >= 11 is 0. The number of carbonyl (C=O) groups excluding carboxylic acids is 3. The van der Waals surface area contributed by atoms with Crippen LogP contribution in [-0.2, 0) is 20.9 Å². The van der Waals surface area contributed by atoms with Crippen molar-refractivity contribution in [3.05, 3.63) is 77.6 Å². The summed E-state index contributed by atoms with van der Waals surface area (Å²) in [5.74, 6) is 0.0928. The fraction of sp³-hybridized carbons (Fsp3) is 0.382. The fourth-order valence-electron chi connectivity index (χ4n) is 5.97. The van der Waals surface area contributed by atoms with Gasteiger partial charge in [0.1, 0.15) is 29.2 Å². The van der Waals surface area contributed by atoms with Gasteiger partial charge in [0.05, 0.1) is 32.9 Å². The molecule has 242 valence electrons. The van der Waals surface area contributed by atoms with Crippen molar-refractivity contribution < 1.29 is 37.7 Å². The van der Waals surface area contributed by atoms with E-state index in [1.807, 2.05) is 11.0 Å². The Kier molecular flexibility index (Phi) is 9.65. The summed E-state index contributed by atoms with van der Waals surface area (Å²) in [5.41, 5.74) is 2.32. The molecular formula is C34H37FN4O7. The number of likely N-dealkylation sites (tertiary alicyclic amines) is 1. The van der Waals surface area contributed by atoms with Gasteiger partial charge in [0, 0.05) is 49.9 Å². The second-order valence-corrected chi connectivity index (χ2v) is 11.6. The van der Waals surface area contributed by atoms with Gasteiger partial charge in [-0.3, -0.25) is 19.3 Å². The third-order valence-electron chi connectivity index (χ3n) is 8.36. The first kappa shape index (κ1) is 31.3. The van der Waals surface area contributed by atoms with Gasteiger partial charge in [-0.25, -0.2) is 4.39 Å². The van der Waals surface area contributed by atoms with Crippen LogP contribution in [0.5, 0.6) is 17.2 Å². The van der Waals surface area contributed by atoms with E-state index in [2.05, 4.69) is 10.6 Å². The van der Waals surface area contributed by atoms with Crippen LogP contribution in [0.15, 0.2) is 60.7 Å². The first-order valence-electron chi connectivity index (χ1n) is 15.4. The first-order chi connectivity index (χ1) is 22.3. The summed E-state index contributed by atoms with van der Waals surface area (Å²) in [7, 11) is 1.55. The molecule has 3 aliphatic heterocycles. The number of hydrogen-bond acceptors (Lipinski definition) is 8. The van der Waals surface area contributed by atoms with Gasteiger partial charge in [0.2, 0.25) is 5.91 Å². The minimum atomic E-state index is -0.519. The standard InChI is InChI=1S/C34H37FN4O7/c1-43-30-6-5-24-16-28(30)23-3-2-4-26(15-23)45-21-32(40)36-18-22-13-25(35)17-27(14-22)46-31-7-8-38(19-29(31)37-34(24)42)20-33(41)39-9-11-44-12-10-39/h2-6,13-17,29,31H,7-12,18-21H2,1H3,(H,36,40)(H,37,42)/t29-,31-/m1/s1. The van der Waals surface area contributed by atoms with Crippen molar-refractivity contribution in [2.75, 3.05) is 59.7 Å². The molecule has 3 aromatic rings. The number of nitrogens with zero attached hydrogens (tertiary/aromatic N) is 2. The number of hydrogen-bond donors (Lipinski definition) is 2. The van der Waals surface area contributed by atoms with E-state index in [1.165, 1.54) is 12.1 Å². The molecule has 46 heavy (non-hydrogen) atoms. The Hall–Kier alpha value is -4.68. The van der Waals surface area contributed by atoms with E-state index < -0.39 is 18.0 Å². The SMILES string of the molecule is COc1ccc2cc1-c1cccc(c1)OCC(=O)NCc1cc(F)cc(c1)O[C@@H]1CCN(CC(=O)N3CCOCC3)C[C@H]1NC2=O. The number of ether oxygens (including phenoxy) is 4. The molecule has 0 spiro atoms. The lowest BCUT2D eigenvalue weighted by Gasteiger charge is -2.39. The molecule has 0 aromatic heterocycles. The molecule has 0 radical (unpaired) electrons. The average molecular weight is 633 g/mol. The molecule has 0 unspecified atom stereocenters. The van der Waals surface area contributed by atoms with E-state index in [9.17, 15) is 18.8 Å². The molecule has 3 aromatic carbocycles. The number of methoxy groups -OCH3 is 1. The van der Waals surface area contributed by atoms with Gasteiger partial charge in [-0.15, -0.1) is 0 Å². The predicted molar refractivity (Wildman–Crippen MR) is 166 cm³/mol. The van der Waals surface area contributed by atoms with Gasteiger partial charge in [-0.05, 0) is 60.0 Å². The number of carbonyl (C=O) groups is 3. The van der Waals surface area contributed by atoms with Crippen molar-refractivity contribution in [1.29, 1.82) is 0 Å². The van der Waals surface area contributed by atoms with E-state index in [0.717, 1.165) is 5.56 Å². The summed E-state index contributed by atoms with van der Waals surface area (Å²) in [6.45, 7) is 3.07. The minimum absolute atomic E-state index is 0.00734. The van der Waals surface area contributed by atoms with Gasteiger partial charge < -0.3 is 34.5 Å². The maximum atomic E-state index is 14.7. The zero-order valence-corrected chi connectivity index (χ0v) is 25.6. The van der Waals surface area contributed by atoms with Crippen LogP contribution < -0.4 is 24.8 Å². The lowest BCUT2D eigenvalue weighted by molar-refractivity contribution is -0.137. The van der Waals surface area contributed by atoms with Crippen LogP contribution in [0.1, 0.15) is 22.3 Å². The van der Waals surface area contributed by atoms with E-state index in [1.54, 1.807) is 54.5 Å². The Morgan fingerprint density at radius 3 is 2.67 bits per heavy atom. The highest BCUT2D eigenvalue weighted by Gasteiger charge is 2.34. The molecule has 3 heterocycles. The molecule has 6 rings (SSSR count).